The van der Waals surface area contributed by atoms with Crippen LogP contribution < -0.4 is 4.74 Å². The predicted molar refractivity (Wildman–Crippen MR) is 99.3 cm³/mol. The van der Waals surface area contributed by atoms with Crippen LogP contribution in [0.1, 0.15) is 19.5 Å². The Morgan fingerprint density at radius 1 is 1.04 bits per heavy atom. The van der Waals surface area contributed by atoms with Crippen LogP contribution in [0.2, 0.25) is 0 Å². The van der Waals surface area contributed by atoms with E-state index in [0.717, 1.165) is 21.2 Å². The van der Waals surface area contributed by atoms with E-state index in [4.69, 9.17) is 4.74 Å². The first-order chi connectivity index (χ1) is 12.1. The van der Waals surface area contributed by atoms with Gasteiger partial charge in [-0.2, -0.15) is 9.78 Å². The van der Waals surface area contributed by atoms with Gasteiger partial charge in [-0.25, -0.2) is 0 Å². The largest absolute Gasteiger partial charge is 0.406 e. The highest BCUT2D eigenvalue weighted by molar-refractivity contribution is 7.99. The maximum Gasteiger partial charge on any atom is 0.315 e. The lowest BCUT2D eigenvalue weighted by atomic mass is 10.2. The number of benzene rings is 2. The molecule has 3 rings (SSSR count). The molecule has 2 aromatic carbocycles. The van der Waals surface area contributed by atoms with Crippen molar-refractivity contribution in [2.24, 2.45) is 5.92 Å². The van der Waals surface area contributed by atoms with Crippen LogP contribution in [0, 0.1) is 12.8 Å². The Balaban J connectivity index is 2.07. The summed E-state index contributed by atoms with van der Waals surface area (Å²) < 4.78 is 7.42. The van der Waals surface area contributed by atoms with Gasteiger partial charge < -0.3 is 4.74 Å². The summed E-state index contributed by atoms with van der Waals surface area (Å²) in [6.45, 7) is 5.57. The number of hydrogen-bond acceptors (Lipinski definition) is 4. The summed E-state index contributed by atoms with van der Waals surface area (Å²) in [5, 5.41) is 4.61. The second-order valence-corrected chi connectivity index (χ2v) is 7.04. The molecule has 1 heterocycles. The Kier molecular flexibility index (Phi) is 5.24. The quantitative estimate of drug-likeness (QED) is 0.613. The van der Waals surface area contributed by atoms with Gasteiger partial charge >= 0.3 is 5.97 Å². The lowest BCUT2D eigenvalue weighted by molar-refractivity contribution is -0.138. The van der Waals surface area contributed by atoms with Gasteiger partial charge in [0.15, 0.2) is 0 Å². The van der Waals surface area contributed by atoms with Crippen molar-refractivity contribution < 1.29 is 9.53 Å². The molecule has 0 saturated carbocycles. The van der Waals surface area contributed by atoms with Gasteiger partial charge in [0, 0.05) is 4.90 Å². The summed E-state index contributed by atoms with van der Waals surface area (Å²) in [7, 11) is 0. The number of esters is 1. The van der Waals surface area contributed by atoms with Crippen molar-refractivity contribution in [3.05, 3.63) is 66.4 Å². The van der Waals surface area contributed by atoms with Crippen molar-refractivity contribution in [1.82, 2.24) is 9.78 Å². The van der Waals surface area contributed by atoms with Crippen molar-refractivity contribution in [3.63, 3.8) is 0 Å². The highest BCUT2D eigenvalue weighted by Crippen LogP contribution is 2.39. The zero-order valence-electron chi connectivity index (χ0n) is 14.5. The Bertz CT molecular complexity index is 858. The summed E-state index contributed by atoms with van der Waals surface area (Å²) in [5.74, 6) is -0.0164. The molecule has 128 valence electrons. The molecule has 25 heavy (non-hydrogen) atoms. The zero-order chi connectivity index (χ0) is 17.8. The first kappa shape index (κ1) is 17.3. The van der Waals surface area contributed by atoms with Gasteiger partial charge in [-0.15, -0.1) is 0 Å². The number of aryl methyl sites for hydroxylation is 1. The average Bonchev–Trinajstić information content (AvgIpc) is 2.92. The molecule has 0 aliphatic carbocycles. The molecule has 4 nitrogen and oxygen atoms in total. The van der Waals surface area contributed by atoms with E-state index >= 15 is 0 Å². The minimum atomic E-state index is -0.271. The third-order valence-corrected chi connectivity index (χ3v) is 4.78. The van der Waals surface area contributed by atoms with E-state index in [-0.39, 0.29) is 11.9 Å². The Hall–Kier alpha value is -2.53. The van der Waals surface area contributed by atoms with Crippen LogP contribution in [0.25, 0.3) is 5.69 Å². The normalized spacial score (nSPS) is 10.9. The number of carbonyl (C=O) groups is 1. The minimum Gasteiger partial charge on any atom is -0.406 e. The van der Waals surface area contributed by atoms with E-state index < -0.39 is 0 Å². The van der Waals surface area contributed by atoms with Crippen molar-refractivity contribution in [1.29, 1.82) is 0 Å². The highest BCUT2D eigenvalue weighted by atomic mass is 32.2. The van der Waals surface area contributed by atoms with Gasteiger partial charge in [0.05, 0.1) is 22.2 Å². The number of carbonyl (C=O) groups excluding carboxylic acids is 1. The topological polar surface area (TPSA) is 44.1 Å². The second kappa shape index (κ2) is 7.57. The van der Waals surface area contributed by atoms with E-state index in [0.29, 0.717) is 5.88 Å². The van der Waals surface area contributed by atoms with E-state index in [2.05, 4.69) is 5.10 Å². The monoisotopic (exact) mass is 352 g/mol. The molecule has 5 heteroatoms. The fourth-order valence-corrected chi connectivity index (χ4v) is 3.20. The molecule has 0 saturated heterocycles. The van der Waals surface area contributed by atoms with E-state index in [1.165, 1.54) is 0 Å². The number of nitrogens with zero attached hydrogens (tertiary/aromatic N) is 2. The summed E-state index contributed by atoms with van der Waals surface area (Å²) in [6, 6.07) is 19.7. The van der Waals surface area contributed by atoms with Crippen LogP contribution in [-0.4, -0.2) is 15.7 Å². The molecular formula is C20H20N2O2S. The molecule has 0 bridgehead atoms. The average molecular weight is 352 g/mol. The van der Waals surface area contributed by atoms with Crippen molar-refractivity contribution in [2.45, 2.75) is 30.6 Å². The van der Waals surface area contributed by atoms with Gasteiger partial charge in [-0.3, -0.25) is 4.79 Å². The van der Waals surface area contributed by atoms with Gasteiger partial charge in [-0.1, -0.05) is 62.0 Å². The zero-order valence-corrected chi connectivity index (χ0v) is 15.3. The van der Waals surface area contributed by atoms with Crippen LogP contribution in [0.4, 0.5) is 0 Å². The van der Waals surface area contributed by atoms with Crippen LogP contribution in [0.15, 0.2) is 70.5 Å². The molecule has 0 N–H and O–H groups in total. The maximum atomic E-state index is 12.2. The van der Waals surface area contributed by atoms with Crippen LogP contribution in [-0.2, 0) is 4.79 Å². The molecule has 0 spiro atoms. The first-order valence-electron chi connectivity index (χ1n) is 8.16. The van der Waals surface area contributed by atoms with Crippen LogP contribution in [0.5, 0.6) is 5.88 Å². The van der Waals surface area contributed by atoms with E-state index in [9.17, 15) is 4.79 Å². The van der Waals surface area contributed by atoms with E-state index in [1.807, 2.05) is 81.4 Å². The second-order valence-electron chi connectivity index (χ2n) is 5.96. The summed E-state index contributed by atoms with van der Waals surface area (Å²) in [4.78, 5) is 14.2. The fourth-order valence-electron chi connectivity index (χ4n) is 2.26. The van der Waals surface area contributed by atoms with Gasteiger partial charge in [0.25, 0.3) is 0 Å². The molecule has 0 unspecified atom stereocenters. The summed E-state index contributed by atoms with van der Waals surface area (Å²) in [5.41, 5.74) is 1.68. The highest BCUT2D eigenvalue weighted by Gasteiger charge is 2.23. The molecule has 0 atom stereocenters. The van der Waals surface area contributed by atoms with Crippen molar-refractivity contribution >= 4 is 17.7 Å². The summed E-state index contributed by atoms with van der Waals surface area (Å²) >= 11 is 1.55. The molecule has 0 fully saturated rings. The maximum absolute atomic E-state index is 12.2. The van der Waals surface area contributed by atoms with E-state index in [1.54, 1.807) is 16.4 Å². The molecule has 3 aromatic rings. The Morgan fingerprint density at radius 2 is 1.64 bits per heavy atom. The third kappa shape index (κ3) is 3.94. The minimum absolute atomic E-state index is 0.214. The van der Waals surface area contributed by atoms with Crippen molar-refractivity contribution in [2.75, 3.05) is 0 Å². The molecule has 0 amide bonds. The SMILES string of the molecule is Cc1nn(-c2ccccc2)c(OC(=O)C(C)C)c1Sc1ccccc1. The molecule has 0 radical (unpaired) electrons. The molecule has 0 aliphatic rings. The molecule has 1 aromatic heterocycles. The van der Waals surface area contributed by atoms with Gasteiger partial charge in [0.1, 0.15) is 0 Å². The Morgan fingerprint density at radius 3 is 2.24 bits per heavy atom. The van der Waals surface area contributed by atoms with Crippen LogP contribution in [0.3, 0.4) is 0 Å². The third-order valence-electron chi connectivity index (χ3n) is 3.60. The smallest absolute Gasteiger partial charge is 0.315 e. The number of ether oxygens (including phenoxy) is 1. The number of para-hydroxylation sites is 1. The van der Waals surface area contributed by atoms with Crippen molar-refractivity contribution in [3.8, 4) is 11.6 Å². The lowest BCUT2D eigenvalue weighted by Crippen LogP contribution is -2.17. The first-order valence-corrected chi connectivity index (χ1v) is 8.97. The van der Waals surface area contributed by atoms with Gasteiger partial charge in [0.2, 0.25) is 5.88 Å². The van der Waals surface area contributed by atoms with Gasteiger partial charge in [-0.05, 0) is 31.2 Å². The lowest BCUT2D eigenvalue weighted by Gasteiger charge is -2.11. The number of aromatic nitrogens is 2. The fraction of sp³-hybridized carbons (Fsp3) is 0.200. The van der Waals surface area contributed by atoms with Crippen LogP contribution >= 0.6 is 11.8 Å². The Labute approximate surface area is 151 Å². The number of hydrogen-bond donors (Lipinski definition) is 0. The molecular weight excluding hydrogens is 332 g/mol. The molecule has 0 aliphatic heterocycles. The predicted octanol–water partition coefficient (Wildman–Crippen LogP) is 4.89. The standard InChI is InChI=1S/C20H20N2O2S/c1-14(2)20(23)24-19-18(25-17-12-8-5-9-13-17)15(3)21-22(19)16-10-6-4-7-11-16/h4-14H,1-3H3. The number of rotatable bonds is 5. The summed E-state index contributed by atoms with van der Waals surface area (Å²) in [6.07, 6.45) is 0.